The van der Waals surface area contributed by atoms with Crippen molar-refractivity contribution in [2.24, 2.45) is 18.7 Å². The minimum absolute atomic E-state index is 0.0212. The SMILES string of the molecule is Cn1ncc(Cl)c1C(=O)C1CCC(N)C1. The van der Waals surface area contributed by atoms with Crippen LogP contribution in [0, 0.1) is 5.92 Å². The van der Waals surface area contributed by atoms with Gasteiger partial charge in [-0.25, -0.2) is 0 Å². The summed E-state index contributed by atoms with van der Waals surface area (Å²) in [7, 11) is 1.73. The lowest BCUT2D eigenvalue weighted by Crippen LogP contribution is -2.20. The standard InChI is InChI=1S/C10H14ClN3O/c1-14-9(8(11)5-13-14)10(15)6-2-3-7(12)4-6/h5-7H,2-4,12H2,1H3. The minimum Gasteiger partial charge on any atom is -0.328 e. The van der Waals surface area contributed by atoms with Crippen LogP contribution in [-0.2, 0) is 7.05 Å². The van der Waals surface area contributed by atoms with E-state index in [0.717, 1.165) is 19.3 Å². The average molecular weight is 228 g/mol. The zero-order chi connectivity index (χ0) is 11.0. The Morgan fingerprint density at radius 1 is 1.67 bits per heavy atom. The van der Waals surface area contributed by atoms with E-state index in [-0.39, 0.29) is 17.7 Å². The Kier molecular flexibility index (Phi) is 2.80. The van der Waals surface area contributed by atoms with Crippen LogP contribution in [0.4, 0.5) is 0 Å². The zero-order valence-corrected chi connectivity index (χ0v) is 9.37. The molecule has 4 nitrogen and oxygen atoms in total. The number of hydrogen-bond acceptors (Lipinski definition) is 3. The summed E-state index contributed by atoms with van der Waals surface area (Å²) in [5.41, 5.74) is 6.29. The van der Waals surface area contributed by atoms with E-state index in [2.05, 4.69) is 5.10 Å². The molecule has 0 radical (unpaired) electrons. The summed E-state index contributed by atoms with van der Waals surface area (Å²) in [6.07, 6.45) is 4.05. The molecule has 1 aromatic heterocycles. The first-order chi connectivity index (χ1) is 7.09. The molecular formula is C10H14ClN3O. The third kappa shape index (κ3) is 1.92. The first kappa shape index (κ1) is 10.6. The van der Waals surface area contributed by atoms with Crippen LogP contribution in [0.3, 0.4) is 0 Å². The number of aryl methyl sites for hydroxylation is 1. The predicted octanol–water partition coefficient (Wildman–Crippen LogP) is 1.38. The van der Waals surface area contributed by atoms with Gasteiger partial charge in [-0.2, -0.15) is 5.10 Å². The number of Topliss-reactive ketones (excluding diaryl/α,β-unsaturated/α-hetero) is 1. The molecular weight excluding hydrogens is 214 g/mol. The molecule has 2 N–H and O–H groups in total. The van der Waals surface area contributed by atoms with Crippen molar-refractivity contribution in [3.63, 3.8) is 0 Å². The molecule has 0 amide bonds. The van der Waals surface area contributed by atoms with Gasteiger partial charge in [0.05, 0.1) is 11.2 Å². The lowest BCUT2D eigenvalue weighted by atomic mass is 10.00. The van der Waals surface area contributed by atoms with Crippen LogP contribution in [0.2, 0.25) is 5.02 Å². The fourth-order valence-corrected chi connectivity index (χ4v) is 2.39. The van der Waals surface area contributed by atoms with Crippen molar-refractivity contribution in [3.05, 3.63) is 16.9 Å². The number of halogens is 1. The lowest BCUT2D eigenvalue weighted by molar-refractivity contribution is 0.0912. The van der Waals surface area contributed by atoms with Crippen LogP contribution in [0.5, 0.6) is 0 Å². The predicted molar refractivity (Wildman–Crippen MR) is 57.9 cm³/mol. The molecule has 0 aromatic carbocycles. The van der Waals surface area contributed by atoms with Crippen LogP contribution in [-0.4, -0.2) is 21.6 Å². The normalized spacial score (nSPS) is 25.8. The van der Waals surface area contributed by atoms with E-state index in [1.54, 1.807) is 7.05 Å². The fraction of sp³-hybridized carbons (Fsp3) is 0.600. The summed E-state index contributed by atoms with van der Waals surface area (Å²) in [4.78, 5) is 12.1. The second-order valence-corrected chi connectivity index (χ2v) is 4.51. The van der Waals surface area contributed by atoms with Crippen molar-refractivity contribution in [2.45, 2.75) is 25.3 Å². The summed E-state index contributed by atoms with van der Waals surface area (Å²) in [6.45, 7) is 0. The molecule has 0 spiro atoms. The maximum Gasteiger partial charge on any atom is 0.185 e. The summed E-state index contributed by atoms with van der Waals surface area (Å²) in [6, 6.07) is 0.158. The van der Waals surface area contributed by atoms with Crippen LogP contribution in [0.15, 0.2) is 6.20 Å². The largest absolute Gasteiger partial charge is 0.328 e. The van der Waals surface area contributed by atoms with Gasteiger partial charge in [-0.05, 0) is 19.3 Å². The van der Waals surface area contributed by atoms with Gasteiger partial charge in [-0.3, -0.25) is 9.48 Å². The number of carbonyl (C=O) groups is 1. The molecule has 82 valence electrons. The third-order valence-electron chi connectivity index (χ3n) is 2.97. The number of nitrogens with two attached hydrogens (primary N) is 1. The highest BCUT2D eigenvalue weighted by Gasteiger charge is 2.31. The van der Waals surface area contributed by atoms with E-state index in [0.29, 0.717) is 10.7 Å². The van der Waals surface area contributed by atoms with Gasteiger partial charge in [0, 0.05) is 19.0 Å². The quantitative estimate of drug-likeness (QED) is 0.777. The highest BCUT2D eigenvalue weighted by Crippen LogP contribution is 2.29. The summed E-state index contributed by atoms with van der Waals surface area (Å²) >= 11 is 5.92. The molecule has 0 aliphatic heterocycles. The van der Waals surface area contributed by atoms with E-state index in [4.69, 9.17) is 17.3 Å². The third-order valence-corrected chi connectivity index (χ3v) is 3.25. The highest BCUT2D eigenvalue weighted by atomic mass is 35.5. The van der Waals surface area contributed by atoms with Gasteiger partial charge in [-0.15, -0.1) is 0 Å². The second kappa shape index (κ2) is 3.94. The van der Waals surface area contributed by atoms with E-state index in [1.807, 2.05) is 0 Å². The topological polar surface area (TPSA) is 60.9 Å². The average Bonchev–Trinajstić information content (AvgIpc) is 2.73. The monoisotopic (exact) mass is 227 g/mol. The van der Waals surface area contributed by atoms with Crippen molar-refractivity contribution in [1.82, 2.24) is 9.78 Å². The summed E-state index contributed by atoms with van der Waals surface area (Å²) in [5.74, 6) is 0.0980. The van der Waals surface area contributed by atoms with Crippen LogP contribution < -0.4 is 5.73 Å². The molecule has 1 fully saturated rings. The molecule has 1 aliphatic rings. The van der Waals surface area contributed by atoms with Crippen molar-refractivity contribution in [3.8, 4) is 0 Å². The number of aromatic nitrogens is 2. The van der Waals surface area contributed by atoms with Gasteiger partial charge in [0.15, 0.2) is 5.78 Å². The van der Waals surface area contributed by atoms with Gasteiger partial charge >= 0.3 is 0 Å². The number of rotatable bonds is 2. The Labute approximate surface area is 93.4 Å². The summed E-state index contributed by atoms with van der Waals surface area (Å²) < 4.78 is 1.54. The van der Waals surface area contributed by atoms with Gasteiger partial charge < -0.3 is 5.73 Å². The Morgan fingerprint density at radius 3 is 2.87 bits per heavy atom. The van der Waals surface area contributed by atoms with Crippen molar-refractivity contribution in [1.29, 1.82) is 0 Å². The minimum atomic E-state index is 0.0212. The number of ketones is 1. The molecule has 2 atom stereocenters. The maximum absolute atomic E-state index is 12.1. The maximum atomic E-state index is 12.1. The summed E-state index contributed by atoms with van der Waals surface area (Å²) in [5, 5.41) is 4.39. The van der Waals surface area contributed by atoms with Crippen LogP contribution in [0.25, 0.3) is 0 Å². The molecule has 0 saturated heterocycles. The Bertz CT molecular complexity index is 369. The first-order valence-corrected chi connectivity index (χ1v) is 5.44. The van der Waals surface area contributed by atoms with E-state index in [1.165, 1.54) is 10.9 Å². The van der Waals surface area contributed by atoms with Gasteiger partial charge in [0.2, 0.25) is 0 Å². The molecule has 1 saturated carbocycles. The Balaban J connectivity index is 2.21. The first-order valence-electron chi connectivity index (χ1n) is 5.07. The molecule has 15 heavy (non-hydrogen) atoms. The number of carbonyl (C=O) groups excluding carboxylic acids is 1. The van der Waals surface area contributed by atoms with Crippen LogP contribution in [0.1, 0.15) is 29.8 Å². The zero-order valence-electron chi connectivity index (χ0n) is 8.61. The molecule has 0 bridgehead atoms. The molecule has 1 aliphatic carbocycles. The highest BCUT2D eigenvalue weighted by molar-refractivity contribution is 6.33. The molecule has 2 rings (SSSR count). The smallest absolute Gasteiger partial charge is 0.185 e. The second-order valence-electron chi connectivity index (χ2n) is 4.10. The fourth-order valence-electron chi connectivity index (χ4n) is 2.14. The molecule has 1 aromatic rings. The molecule has 2 unspecified atom stereocenters. The van der Waals surface area contributed by atoms with Gasteiger partial charge in [-0.1, -0.05) is 11.6 Å². The number of nitrogens with zero attached hydrogens (tertiary/aromatic N) is 2. The van der Waals surface area contributed by atoms with E-state index < -0.39 is 0 Å². The van der Waals surface area contributed by atoms with E-state index in [9.17, 15) is 4.79 Å². The molecule has 5 heteroatoms. The van der Waals surface area contributed by atoms with Gasteiger partial charge in [0.1, 0.15) is 5.69 Å². The van der Waals surface area contributed by atoms with Crippen molar-refractivity contribution in [2.75, 3.05) is 0 Å². The number of hydrogen-bond donors (Lipinski definition) is 1. The lowest BCUT2D eigenvalue weighted by Gasteiger charge is -2.08. The Hall–Kier alpha value is -0.870. The van der Waals surface area contributed by atoms with Gasteiger partial charge in [0.25, 0.3) is 0 Å². The van der Waals surface area contributed by atoms with Crippen LogP contribution >= 0.6 is 11.6 Å². The van der Waals surface area contributed by atoms with E-state index >= 15 is 0 Å². The van der Waals surface area contributed by atoms with Crippen molar-refractivity contribution >= 4 is 17.4 Å². The molecule has 1 heterocycles. The Morgan fingerprint density at radius 2 is 2.40 bits per heavy atom. The van der Waals surface area contributed by atoms with Crippen molar-refractivity contribution < 1.29 is 4.79 Å².